The number of carbonyl (C=O) groups excluding carboxylic acids is 1. The normalized spacial score (nSPS) is 11.2. The van der Waals surface area contributed by atoms with E-state index in [2.05, 4.69) is 34.8 Å². The first-order valence-electron chi connectivity index (χ1n) is 13.9. The van der Waals surface area contributed by atoms with E-state index in [4.69, 9.17) is 26.1 Å². The van der Waals surface area contributed by atoms with Crippen molar-refractivity contribution in [3.05, 3.63) is 137 Å². The molecule has 1 aromatic heterocycles. The molecule has 5 aromatic carbocycles. The van der Waals surface area contributed by atoms with E-state index in [1.54, 1.807) is 18.2 Å². The number of pyridine rings is 1. The number of ether oxygens (including phenoxy) is 2. The number of halogens is 1. The molecule has 0 spiro atoms. The summed E-state index contributed by atoms with van der Waals surface area (Å²) >= 11 is 6.65. The van der Waals surface area contributed by atoms with Crippen molar-refractivity contribution in [3.63, 3.8) is 0 Å². The van der Waals surface area contributed by atoms with Gasteiger partial charge in [0.2, 0.25) is 0 Å². The highest BCUT2D eigenvalue weighted by Crippen LogP contribution is 2.37. The number of para-hydroxylation sites is 1. The van der Waals surface area contributed by atoms with Crippen LogP contribution in [-0.2, 0) is 6.61 Å². The number of nitrogens with one attached hydrogen (secondary N) is 1. The summed E-state index contributed by atoms with van der Waals surface area (Å²) in [5.74, 6) is 0.601. The number of hydrazone groups is 1. The van der Waals surface area contributed by atoms with Crippen LogP contribution in [0.4, 0.5) is 0 Å². The van der Waals surface area contributed by atoms with Gasteiger partial charge >= 0.3 is 0 Å². The van der Waals surface area contributed by atoms with E-state index in [9.17, 15) is 4.79 Å². The van der Waals surface area contributed by atoms with Crippen molar-refractivity contribution in [2.24, 2.45) is 5.10 Å². The van der Waals surface area contributed by atoms with Gasteiger partial charge in [0.15, 0.2) is 11.5 Å². The second kappa shape index (κ2) is 12.8. The molecule has 6 aromatic rings. The molecule has 0 fully saturated rings. The Balaban J connectivity index is 1.21. The third kappa shape index (κ3) is 6.35. The number of aromatic nitrogens is 1. The molecule has 43 heavy (non-hydrogen) atoms. The molecule has 0 saturated heterocycles. The smallest absolute Gasteiger partial charge is 0.272 e. The predicted octanol–water partition coefficient (Wildman–Crippen LogP) is 8.45. The van der Waals surface area contributed by atoms with E-state index in [0.29, 0.717) is 46.6 Å². The van der Waals surface area contributed by atoms with Gasteiger partial charge in [-0.05, 0) is 59.2 Å². The van der Waals surface area contributed by atoms with Gasteiger partial charge in [0.25, 0.3) is 5.91 Å². The summed E-state index contributed by atoms with van der Waals surface area (Å²) in [5.41, 5.74) is 7.16. The highest BCUT2D eigenvalue weighted by Gasteiger charge is 2.15. The van der Waals surface area contributed by atoms with E-state index in [0.717, 1.165) is 27.4 Å². The fourth-order valence-corrected chi connectivity index (χ4v) is 5.17. The first-order valence-corrected chi connectivity index (χ1v) is 14.3. The Morgan fingerprint density at radius 2 is 1.63 bits per heavy atom. The number of hydrogen-bond donors (Lipinski definition) is 1. The fourth-order valence-electron chi connectivity index (χ4n) is 4.90. The van der Waals surface area contributed by atoms with Crippen molar-refractivity contribution >= 4 is 45.4 Å². The summed E-state index contributed by atoms with van der Waals surface area (Å²) < 4.78 is 12.0. The van der Waals surface area contributed by atoms with Crippen LogP contribution in [0.5, 0.6) is 11.5 Å². The zero-order valence-electron chi connectivity index (χ0n) is 23.5. The van der Waals surface area contributed by atoms with Crippen LogP contribution in [0, 0.1) is 0 Å². The fraction of sp³-hybridized carbons (Fsp3) is 0.0833. The van der Waals surface area contributed by atoms with Gasteiger partial charge in [0.05, 0.1) is 34.6 Å². The molecule has 1 N–H and O–H groups in total. The molecule has 6 rings (SSSR count). The molecule has 0 aliphatic rings. The Morgan fingerprint density at radius 3 is 2.47 bits per heavy atom. The first kappa shape index (κ1) is 27.9. The minimum absolute atomic E-state index is 0.332. The number of carbonyl (C=O) groups is 1. The molecule has 0 saturated carbocycles. The van der Waals surface area contributed by atoms with Gasteiger partial charge in [-0.2, -0.15) is 5.10 Å². The second-order valence-electron chi connectivity index (χ2n) is 9.87. The van der Waals surface area contributed by atoms with Crippen LogP contribution in [0.1, 0.15) is 28.4 Å². The highest BCUT2D eigenvalue weighted by atomic mass is 35.5. The zero-order valence-corrected chi connectivity index (χ0v) is 24.2. The number of nitrogens with zero attached hydrogens (tertiary/aromatic N) is 2. The van der Waals surface area contributed by atoms with Crippen LogP contribution in [0.15, 0.2) is 120 Å². The van der Waals surface area contributed by atoms with Crippen molar-refractivity contribution < 1.29 is 14.3 Å². The maximum Gasteiger partial charge on any atom is 0.272 e. The molecule has 6 nitrogen and oxygen atoms in total. The summed E-state index contributed by atoms with van der Waals surface area (Å²) in [6.07, 6.45) is 1.53. The highest BCUT2D eigenvalue weighted by molar-refractivity contribution is 6.32. The standard InChI is InChI=1S/C36H28ClN3O3/c1-2-42-34-20-25(19-31(37)35(34)43-23-24-16-17-26-10-6-7-13-28(26)18-24)22-38-40-36(41)30-21-33(27-11-4-3-5-12-27)39-32-15-9-8-14-29(30)32/h3-22H,2,23H2,1H3,(H,40,41)/b38-22+. The van der Waals surface area contributed by atoms with Crippen molar-refractivity contribution in [2.45, 2.75) is 13.5 Å². The van der Waals surface area contributed by atoms with E-state index >= 15 is 0 Å². The quantitative estimate of drug-likeness (QED) is 0.136. The van der Waals surface area contributed by atoms with E-state index in [1.165, 1.54) is 11.6 Å². The average Bonchev–Trinajstić information content (AvgIpc) is 3.04. The second-order valence-corrected chi connectivity index (χ2v) is 10.3. The van der Waals surface area contributed by atoms with Gasteiger partial charge in [0.1, 0.15) is 6.61 Å². The lowest BCUT2D eigenvalue weighted by atomic mass is 10.0. The number of fused-ring (bicyclic) bond motifs is 2. The Kier molecular flexibility index (Phi) is 8.29. The Bertz CT molecular complexity index is 1960. The molecule has 1 amide bonds. The van der Waals surface area contributed by atoms with Gasteiger partial charge in [-0.1, -0.05) is 96.5 Å². The third-order valence-electron chi connectivity index (χ3n) is 6.94. The molecule has 0 radical (unpaired) electrons. The van der Waals surface area contributed by atoms with Gasteiger partial charge < -0.3 is 9.47 Å². The van der Waals surface area contributed by atoms with Crippen LogP contribution in [0.3, 0.4) is 0 Å². The summed E-state index contributed by atoms with van der Waals surface area (Å²) in [5, 5.41) is 7.66. The zero-order chi connectivity index (χ0) is 29.6. The number of amides is 1. The minimum Gasteiger partial charge on any atom is -0.490 e. The van der Waals surface area contributed by atoms with Crippen molar-refractivity contribution in [1.82, 2.24) is 10.4 Å². The van der Waals surface area contributed by atoms with Crippen molar-refractivity contribution in [2.75, 3.05) is 6.61 Å². The Hall–Kier alpha value is -5.20. The molecule has 0 atom stereocenters. The molecule has 0 unspecified atom stereocenters. The molecule has 0 aliphatic carbocycles. The summed E-state index contributed by atoms with van der Waals surface area (Å²) in [7, 11) is 0. The van der Waals surface area contributed by atoms with Gasteiger partial charge in [-0.3, -0.25) is 4.79 Å². The topological polar surface area (TPSA) is 72.8 Å². The van der Waals surface area contributed by atoms with Crippen LogP contribution in [0.2, 0.25) is 5.02 Å². The maximum atomic E-state index is 13.3. The summed E-state index contributed by atoms with van der Waals surface area (Å²) in [4.78, 5) is 18.1. The maximum absolute atomic E-state index is 13.3. The minimum atomic E-state index is -0.349. The number of rotatable bonds is 9. The lowest BCUT2D eigenvalue weighted by molar-refractivity contribution is 0.0956. The lowest BCUT2D eigenvalue weighted by Gasteiger charge is -2.15. The summed E-state index contributed by atoms with van der Waals surface area (Å²) in [6, 6.07) is 37.0. The van der Waals surface area contributed by atoms with Crippen LogP contribution in [0.25, 0.3) is 32.9 Å². The van der Waals surface area contributed by atoms with Gasteiger partial charge in [0, 0.05) is 10.9 Å². The monoisotopic (exact) mass is 585 g/mol. The van der Waals surface area contributed by atoms with Crippen LogP contribution in [-0.4, -0.2) is 23.7 Å². The molecular formula is C36H28ClN3O3. The summed E-state index contributed by atoms with van der Waals surface area (Å²) in [6.45, 7) is 2.66. The van der Waals surface area contributed by atoms with Crippen molar-refractivity contribution in [3.8, 4) is 22.8 Å². The molecule has 7 heteroatoms. The SMILES string of the molecule is CCOc1cc(/C=N/NC(=O)c2cc(-c3ccccc3)nc3ccccc23)cc(Cl)c1OCc1ccc2ccccc2c1. The third-order valence-corrected chi connectivity index (χ3v) is 7.22. The lowest BCUT2D eigenvalue weighted by Crippen LogP contribution is -2.18. The molecule has 1 heterocycles. The van der Waals surface area contributed by atoms with E-state index < -0.39 is 0 Å². The number of benzene rings is 5. The van der Waals surface area contributed by atoms with E-state index in [1.807, 2.05) is 79.7 Å². The molecule has 0 bridgehead atoms. The predicted molar refractivity (Wildman–Crippen MR) is 173 cm³/mol. The van der Waals surface area contributed by atoms with Crippen molar-refractivity contribution in [1.29, 1.82) is 0 Å². The number of hydrogen-bond acceptors (Lipinski definition) is 5. The largest absolute Gasteiger partial charge is 0.490 e. The van der Waals surface area contributed by atoms with Gasteiger partial charge in [-0.25, -0.2) is 10.4 Å². The molecule has 212 valence electrons. The van der Waals surface area contributed by atoms with Gasteiger partial charge in [-0.15, -0.1) is 0 Å². The Morgan fingerprint density at radius 1 is 0.860 bits per heavy atom. The molecule has 0 aliphatic heterocycles. The Labute approximate surface area is 254 Å². The first-order chi connectivity index (χ1) is 21.1. The van der Waals surface area contributed by atoms with Crippen LogP contribution < -0.4 is 14.9 Å². The molecular weight excluding hydrogens is 558 g/mol. The van der Waals surface area contributed by atoms with Crippen LogP contribution >= 0.6 is 11.6 Å². The average molecular weight is 586 g/mol. The van der Waals surface area contributed by atoms with E-state index in [-0.39, 0.29) is 5.91 Å².